The van der Waals surface area contributed by atoms with Crippen molar-refractivity contribution in [3.63, 3.8) is 0 Å². The number of nitrogens with two attached hydrogens (primary N) is 1. The average Bonchev–Trinajstić information content (AvgIpc) is 3.16. The molecule has 0 aromatic heterocycles. The van der Waals surface area contributed by atoms with Crippen LogP contribution in [0.1, 0.15) is 187 Å². The van der Waals surface area contributed by atoms with Crippen LogP contribution < -0.4 is 5.73 Å². The molecule has 0 aliphatic heterocycles. The van der Waals surface area contributed by atoms with Gasteiger partial charge in [-0.2, -0.15) is 0 Å². The van der Waals surface area contributed by atoms with Crippen molar-refractivity contribution in [1.82, 2.24) is 0 Å². The van der Waals surface area contributed by atoms with Crippen molar-refractivity contribution in [2.75, 3.05) is 26.4 Å². The van der Waals surface area contributed by atoms with Crippen LogP contribution in [0, 0.1) is 0 Å². The van der Waals surface area contributed by atoms with Gasteiger partial charge in [0.1, 0.15) is 6.61 Å². The van der Waals surface area contributed by atoms with Gasteiger partial charge in [0.05, 0.1) is 19.5 Å². The van der Waals surface area contributed by atoms with Crippen molar-refractivity contribution in [2.45, 2.75) is 193 Å². The molecule has 0 aromatic carbocycles. The molecule has 0 radical (unpaired) electrons. The van der Waals surface area contributed by atoms with Gasteiger partial charge in [-0.3, -0.25) is 13.8 Å². The number of phosphoric ester groups is 1. The first kappa shape index (κ1) is 52.0. The minimum Gasteiger partial charge on any atom is -0.492 e. The normalized spacial score (nSPS) is 14.0. The number of phosphoric acid groups is 1. The van der Waals surface area contributed by atoms with E-state index < -0.39 is 13.9 Å². The first-order valence-electron chi connectivity index (χ1n) is 21.8. The summed E-state index contributed by atoms with van der Waals surface area (Å²) in [5, 5.41) is 0. The summed E-state index contributed by atoms with van der Waals surface area (Å²) in [4.78, 5) is 22.3. The van der Waals surface area contributed by atoms with Crippen molar-refractivity contribution in [3.8, 4) is 0 Å². The summed E-state index contributed by atoms with van der Waals surface area (Å²) in [6.45, 7) is 4.15. The Morgan fingerprint density at radius 1 is 0.574 bits per heavy atom. The summed E-state index contributed by atoms with van der Waals surface area (Å²) in [5.74, 6) is -0.320. The van der Waals surface area contributed by atoms with E-state index in [2.05, 4.69) is 62.5 Å². The van der Waals surface area contributed by atoms with Crippen molar-refractivity contribution < 1.29 is 32.8 Å². The molecule has 0 saturated carbocycles. The van der Waals surface area contributed by atoms with E-state index in [4.69, 9.17) is 24.3 Å². The molecule has 3 N–H and O–H groups in total. The zero-order chi connectivity index (χ0) is 39.5. The lowest BCUT2D eigenvalue weighted by molar-refractivity contribution is -0.147. The Labute approximate surface area is 332 Å². The SMILES string of the molecule is CCCCCC=CCC=CCC=CCC=CCCCCCC(=O)OCC(COP(=O)(O)OCCN)OC=CCCCCCCCCCCCCCCCC. The summed E-state index contributed by atoms with van der Waals surface area (Å²) in [6, 6.07) is 0. The van der Waals surface area contributed by atoms with Gasteiger partial charge < -0.3 is 20.1 Å². The van der Waals surface area contributed by atoms with Crippen molar-refractivity contribution in [1.29, 1.82) is 0 Å². The summed E-state index contributed by atoms with van der Waals surface area (Å²) in [7, 11) is -4.28. The topological polar surface area (TPSA) is 117 Å². The van der Waals surface area contributed by atoms with E-state index in [1.807, 2.05) is 6.08 Å². The molecule has 0 bridgehead atoms. The maximum Gasteiger partial charge on any atom is 0.472 e. The standard InChI is InChI=1S/C45H82NO7P/c1-3-5-7-9-11-13-15-17-19-21-22-23-24-26-28-30-32-34-36-38-45(47)51-42-44(43-53-54(48,49)52-41-39-46)50-40-37-35-33-31-29-27-25-20-18-16-14-12-10-8-6-4-2/h11,13,17,19,22-23,26,28,37,40,44H,3-10,12,14-16,18,20-21,24-25,27,29-36,38-39,41-43,46H2,1-2H3,(H,48,49). The summed E-state index contributed by atoms with van der Waals surface area (Å²) in [5.41, 5.74) is 5.36. The highest BCUT2D eigenvalue weighted by molar-refractivity contribution is 7.47. The van der Waals surface area contributed by atoms with E-state index in [0.717, 1.165) is 57.8 Å². The largest absolute Gasteiger partial charge is 0.492 e. The number of allylic oxidation sites excluding steroid dienone is 9. The molecule has 9 heteroatoms. The summed E-state index contributed by atoms with van der Waals surface area (Å²) >= 11 is 0. The molecule has 0 heterocycles. The van der Waals surface area contributed by atoms with Crippen molar-refractivity contribution >= 4 is 13.8 Å². The fourth-order valence-electron chi connectivity index (χ4n) is 5.73. The number of carbonyl (C=O) groups excluding carboxylic acids is 1. The molecule has 0 fully saturated rings. The van der Waals surface area contributed by atoms with Crippen LogP contribution in [-0.4, -0.2) is 43.3 Å². The van der Waals surface area contributed by atoms with Gasteiger partial charge in [-0.1, -0.05) is 165 Å². The minimum absolute atomic E-state index is 0.0822. The number of unbranched alkanes of at least 4 members (excludes halogenated alkanes) is 20. The van der Waals surface area contributed by atoms with Crippen LogP contribution in [-0.2, 0) is 27.9 Å². The first-order valence-corrected chi connectivity index (χ1v) is 23.3. The molecule has 2 unspecified atom stereocenters. The highest BCUT2D eigenvalue weighted by Crippen LogP contribution is 2.43. The average molecular weight is 780 g/mol. The van der Waals surface area contributed by atoms with Gasteiger partial charge in [0.2, 0.25) is 0 Å². The third kappa shape index (κ3) is 41.2. The third-order valence-electron chi connectivity index (χ3n) is 9.03. The predicted molar refractivity (Wildman–Crippen MR) is 228 cm³/mol. The Hall–Kier alpha value is -1.96. The van der Waals surface area contributed by atoms with Gasteiger partial charge in [0, 0.05) is 13.0 Å². The molecule has 0 spiro atoms. The minimum atomic E-state index is -4.28. The molecular weight excluding hydrogens is 697 g/mol. The summed E-state index contributed by atoms with van der Waals surface area (Å²) in [6.07, 6.45) is 51.9. The van der Waals surface area contributed by atoms with Gasteiger partial charge >= 0.3 is 13.8 Å². The lowest BCUT2D eigenvalue weighted by Gasteiger charge is -2.19. The van der Waals surface area contributed by atoms with E-state index in [-0.39, 0.29) is 32.3 Å². The molecule has 0 saturated heterocycles. The van der Waals surface area contributed by atoms with E-state index >= 15 is 0 Å². The molecule has 0 aliphatic rings. The van der Waals surface area contributed by atoms with Crippen LogP contribution >= 0.6 is 7.82 Å². The van der Waals surface area contributed by atoms with Gasteiger partial charge in [-0.15, -0.1) is 0 Å². The molecule has 54 heavy (non-hydrogen) atoms. The fraction of sp³-hybridized carbons (Fsp3) is 0.756. The lowest BCUT2D eigenvalue weighted by Crippen LogP contribution is -2.25. The number of esters is 1. The zero-order valence-electron chi connectivity index (χ0n) is 34.7. The van der Waals surface area contributed by atoms with Gasteiger partial charge in [-0.05, 0) is 70.3 Å². The molecular formula is C45H82NO7P. The van der Waals surface area contributed by atoms with Crippen molar-refractivity contribution in [3.05, 3.63) is 60.9 Å². The second kappa shape index (κ2) is 42.2. The second-order valence-corrected chi connectivity index (χ2v) is 15.7. The van der Waals surface area contributed by atoms with Gasteiger partial charge in [0.25, 0.3) is 0 Å². The summed E-state index contributed by atoms with van der Waals surface area (Å²) < 4.78 is 33.2. The Morgan fingerprint density at radius 3 is 1.52 bits per heavy atom. The van der Waals surface area contributed by atoms with Crippen LogP contribution in [0.4, 0.5) is 0 Å². The zero-order valence-corrected chi connectivity index (χ0v) is 35.6. The number of hydrogen-bond acceptors (Lipinski definition) is 7. The van der Waals surface area contributed by atoms with E-state index in [0.29, 0.717) is 6.42 Å². The Bertz CT molecular complexity index is 1010. The van der Waals surface area contributed by atoms with Gasteiger partial charge in [-0.25, -0.2) is 4.57 Å². The Morgan fingerprint density at radius 2 is 1.00 bits per heavy atom. The molecule has 2 atom stereocenters. The van der Waals surface area contributed by atoms with Crippen LogP contribution in [0.3, 0.4) is 0 Å². The quantitative estimate of drug-likeness (QED) is 0.0207. The first-order chi connectivity index (χ1) is 26.4. The highest BCUT2D eigenvalue weighted by Gasteiger charge is 2.24. The third-order valence-corrected chi connectivity index (χ3v) is 10.0. The monoisotopic (exact) mass is 780 g/mol. The van der Waals surface area contributed by atoms with Gasteiger partial charge in [0.15, 0.2) is 6.10 Å². The Balaban J connectivity index is 4.15. The molecule has 0 aliphatic carbocycles. The van der Waals surface area contributed by atoms with Crippen LogP contribution in [0.25, 0.3) is 0 Å². The number of rotatable bonds is 41. The molecule has 314 valence electrons. The lowest BCUT2D eigenvalue weighted by atomic mass is 10.0. The van der Waals surface area contributed by atoms with Crippen LogP contribution in [0.5, 0.6) is 0 Å². The van der Waals surface area contributed by atoms with E-state index in [1.54, 1.807) is 6.26 Å². The number of carbonyl (C=O) groups is 1. The fourth-order valence-corrected chi connectivity index (χ4v) is 6.49. The maximum absolute atomic E-state index is 12.4. The van der Waals surface area contributed by atoms with Crippen LogP contribution in [0.2, 0.25) is 0 Å². The molecule has 0 amide bonds. The van der Waals surface area contributed by atoms with E-state index in [1.165, 1.54) is 109 Å². The van der Waals surface area contributed by atoms with E-state index in [9.17, 15) is 14.3 Å². The number of ether oxygens (including phenoxy) is 2. The highest BCUT2D eigenvalue weighted by atomic mass is 31.2. The van der Waals surface area contributed by atoms with Crippen molar-refractivity contribution in [2.24, 2.45) is 5.73 Å². The molecule has 8 nitrogen and oxygen atoms in total. The second-order valence-electron chi connectivity index (χ2n) is 14.3. The van der Waals surface area contributed by atoms with Crippen LogP contribution in [0.15, 0.2) is 60.9 Å². The smallest absolute Gasteiger partial charge is 0.472 e. The molecule has 0 aromatic rings. The molecule has 0 rings (SSSR count). The predicted octanol–water partition coefficient (Wildman–Crippen LogP) is 13.3. The maximum atomic E-state index is 12.4. The number of hydrogen-bond donors (Lipinski definition) is 2. The Kier molecular flexibility index (Phi) is 40.7.